The summed E-state index contributed by atoms with van der Waals surface area (Å²) in [5.41, 5.74) is 1.57. The van der Waals surface area contributed by atoms with E-state index in [1.54, 1.807) is 42.5 Å². The lowest BCUT2D eigenvalue weighted by Gasteiger charge is -2.34. The first-order chi connectivity index (χ1) is 22.4. The van der Waals surface area contributed by atoms with Gasteiger partial charge in [-0.15, -0.1) is 0 Å². The molecule has 0 aliphatic heterocycles. The fourth-order valence-corrected chi connectivity index (χ4v) is 6.74. The molecule has 2 amide bonds. The highest BCUT2D eigenvalue weighted by Gasteiger charge is 2.35. The van der Waals surface area contributed by atoms with Gasteiger partial charge in [-0.3, -0.25) is 13.9 Å². The van der Waals surface area contributed by atoms with Crippen LogP contribution in [0.25, 0.3) is 0 Å². The summed E-state index contributed by atoms with van der Waals surface area (Å²) in [4.78, 5) is 29.8. The number of halogens is 2. The van der Waals surface area contributed by atoms with Crippen molar-refractivity contribution in [1.82, 2.24) is 10.2 Å². The van der Waals surface area contributed by atoms with Gasteiger partial charge in [-0.25, -0.2) is 8.42 Å². The van der Waals surface area contributed by atoms with Gasteiger partial charge < -0.3 is 19.7 Å². The first-order valence-corrected chi connectivity index (χ1v) is 17.0. The van der Waals surface area contributed by atoms with Crippen molar-refractivity contribution in [3.63, 3.8) is 0 Å². The molecular formula is C35H37Cl2N3O6S. The second kappa shape index (κ2) is 16.0. The van der Waals surface area contributed by atoms with E-state index in [1.807, 2.05) is 44.2 Å². The Bertz CT molecular complexity index is 1790. The molecule has 0 aromatic heterocycles. The maximum Gasteiger partial charge on any atom is 0.264 e. The van der Waals surface area contributed by atoms with Crippen LogP contribution in [0.15, 0.2) is 102 Å². The SMILES string of the molecule is COc1ccc(S(=O)(=O)N(CC(=O)N(Cc2ccc(Cl)c(Cl)c2)C(Cc2ccccc2)C(=O)NC(C)C)c2ccccc2OC)cc1. The summed E-state index contributed by atoms with van der Waals surface area (Å²) >= 11 is 12.5. The fraction of sp³-hybridized carbons (Fsp3) is 0.257. The Morgan fingerprint density at radius 3 is 2.09 bits per heavy atom. The van der Waals surface area contributed by atoms with Crippen LogP contribution in [0.3, 0.4) is 0 Å². The molecule has 0 saturated carbocycles. The van der Waals surface area contributed by atoms with Crippen molar-refractivity contribution in [3.8, 4) is 11.5 Å². The van der Waals surface area contributed by atoms with Crippen LogP contribution in [0, 0.1) is 0 Å². The van der Waals surface area contributed by atoms with Gasteiger partial charge in [-0.2, -0.15) is 0 Å². The van der Waals surface area contributed by atoms with E-state index in [0.717, 1.165) is 9.87 Å². The standard InChI is InChI=1S/C35H37Cl2N3O6S/c1-24(2)38-35(42)32(21-25-10-6-5-7-11-25)39(22-26-14-19-29(36)30(37)20-26)34(41)23-40(31-12-8-9-13-33(31)46-4)47(43,44)28-17-15-27(45-3)16-18-28/h5-20,24,32H,21-23H2,1-4H3,(H,38,42). The number of ether oxygens (including phenoxy) is 2. The normalized spacial score (nSPS) is 11.9. The average Bonchev–Trinajstić information content (AvgIpc) is 3.06. The zero-order valence-electron chi connectivity index (χ0n) is 26.5. The van der Waals surface area contributed by atoms with Gasteiger partial charge in [0.15, 0.2) is 0 Å². The molecule has 9 nitrogen and oxygen atoms in total. The van der Waals surface area contributed by atoms with Crippen molar-refractivity contribution in [2.75, 3.05) is 25.1 Å². The quantitative estimate of drug-likeness (QED) is 0.164. The Balaban J connectivity index is 1.84. The highest BCUT2D eigenvalue weighted by Crippen LogP contribution is 2.33. The Hall–Kier alpha value is -4.25. The van der Waals surface area contributed by atoms with Gasteiger partial charge in [0.05, 0.1) is 34.8 Å². The predicted octanol–water partition coefficient (Wildman–Crippen LogP) is 6.37. The number of hydrogen-bond donors (Lipinski definition) is 1. The summed E-state index contributed by atoms with van der Waals surface area (Å²) in [7, 11) is -1.44. The molecule has 0 radical (unpaired) electrons. The Morgan fingerprint density at radius 2 is 1.47 bits per heavy atom. The number of rotatable bonds is 14. The number of methoxy groups -OCH3 is 2. The molecule has 4 aromatic carbocycles. The molecule has 4 aromatic rings. The fourth-order valence-electron chi connectivity index (χ4n) is 4.99. The van der Waals surface area contributed by atoms with E-state index in [-0.39, 0.29) is 46.3 Å². The molecule has 12 heteroatoms. The minimum absolute atomic E-state index is 0.0545. The van der Waals surface area contributed by atoms with E-state index in [0.29, 0.717) is 16.3 Å². The van der Waals surface area contributed by atoms with Crippen LogP contribution in [0.1, 0.15) is 25.0 Å². The van der Waals surface area contributed by atoms with Crippen LogP contribution >= 0.6 is 23.2 Å². The minimum atomic E-state index is -4.34. The molecule has 0 aliphatic rings. The summed E-state index contributed by atoms with van der Waals surface area (Å²) < 4.78 is 40.3. The third-order valence-corrected chi connectivity index (χ3v) is 9.83. The van der Waals surface area contributed by atoms with E-state index in [4.69, 9.17) is 32.7 Å². The second-order valence-electron chi connectivity index (χ2n) is 11.0. The van der Waals surface area contributed by atoms with Gasteiger partial charge in [0.25, 0.3) is 10.0 Å². The number of carbonyl (C=O) groups excluding carboxylic acids is 2. The van der Waals surface area contributed by atoms with Crippen LogP contribution < -0.4 is 19.1 Å². The molecule has 4 rings (SSSR count). The smallest absolute Gasteiger partial charge is 0.264 e. The van der Waals surface area contributed by atoms with Gasteiger partial charge in [0.2, 0.25) is 11.8 Å². The van der Waals surface area contributed by atoms with Crippen LogP contribution in [0.2, 0.25) is 10.0 Å². The highest BCUT2D eigenvalue weighted by molar-refractivity contribution is 7.92. The number of amides is 2. The van der Waals surface area contributed by atoms with E-state index in [2.05, 4.69) is 5.32 Å². The third kappa shape index (κ3) is 8.97. The number of nitrogens with zero attached hydrogens (tertiary/aromatic N) is 2. The minimum Gasteiger partial charge on any atom is -0.497 e. The molecule has 0 spiro atoms. The Kier molecular flexibility index (Phi) is 12.1. The summed E-state index contributed by atoms with van der Waals surface area (Å²) in [6.45, 7) is 2.96. The molecule has 248 valence electrons. The lowest BCUT2D eigenvalue weighted by molar-refractivity contribution is -0.140. The molecule has 0 bridgehead atoms. The van der Waals surface area contributed by atoms with Crippen molar-refractivity contribution >= 4 is 50.7 Å². The van der Waals surface area contributed by atoms with Gasteiger partial charge >= 0.3 is 0 Å². The number of para-hydroxylation sites is 2. The molecular weight excluding hydrogens is 661 g/mol. The Labute approximate surface area is 286 Å². The third-order valence-electron chi connectivity index (χ3n) is 7.32. The van der Waals surface area contributed by atoms with Crippen LogP contribution in [0.5, 0.6) is 11.5 Å². The maximum absolute atomic E-state index is 14.6. The zero-order valence-corrected chi connectivity index (χ0v) is 28.9. The molecule has 0 heterocycles. The highest BCUT2D eigenvalue weighted by atomic mass is 35.5. The van der Waals surface area contributed by atoms with Gasteiger partial charge in [0, 0.05) is 19.0 Å². The van der Waals surface area contributed by atoms with E-state index >= 15 is 0 Å². The number of anilines is 1. The number of benzene rings is 4. The van der Waals surface area contributed by atoms with Gasteiger partial charge in [0.1, 0.15) is 24.1 Å². The summed E-state index contributed by atoms with van der Waals surface area (Å²) in [5, 5.41) is 3.54. The number of nitrogens with one attached hydrogen (secondary N) is 1. The van der Waals surface area contributed by atoms with Crippen LogP contribution in [0.4, 0.5) is 5.69 Å². The van der Waals surface area contributed by atoms with Crippen LogP contribution in [-0.4, -0.2) is 58.0 Å². The molecule has 1 N–H and O–H groups in total. The van der Waals surface area contributed by atoms with E-state index in [9.17, 15) is 18.0 Å². The number of carbonyl (C=O) groups is 2. The Morgan fingerprint density at radius 1 is 0.809 bits per heavy atom. The van der Waals surface area contributed by atoms with E-state index < -0.39 is 28.5 Å². The molecule has 1 atom stereocenters. The van der Waals surface area contributed by atoms with Crippen molar-refractivity contribution in [1.29, 1.82) is 0 Å². The van der Waals surface area contributed by atoms with Crippen molar-refractivity contribution < 1.29 is 27.5 Å². The largest absolute Gasteiger partial charge is 0.497 e. The maximum atomic E-state index is 14.6. The van der Waals surface area contributed by atoms with Crippen LogP contribution in [-0.2, 0) is 32.6 Å². The van der Waals surface area contributed by atoms with E-state index in [1.165, 1.54) is 43.4 Å². The zero-order chi connectivity index (χ0) is 34.1. The number of hydrogen-bond acceptors (Lipinski definition) is 6. The summed E-state index contributed by atoms with van der Waals surface area (Å²) in [5.74, 6) is -0.304. The first kappa shape index (κ1) is 35.6. The average molecular weight is 699 g/mol. The molecule has 0 saturated heterocycles. The monoisotopic (exact) mass is 697 g/mol. The molecule has 0 aliphatic carbocycles. The lowest BCUT2D eigenvalue weighted by atomic mass is 10.0. The second-order valence-corrected chi connectivity index (χ2v) is 13.7. The topological polar surface area (TPSA) is 105 Å². The number of sulfonamides is 1. The van der Waals surface area contributed by atoms with Gasteiger partial charge in [-0.1, -0.05) is 71.7 Å². The summed E-state index contributed by atoms with van der Waals surface area (Å²) in [6, 6.07) is 25.4. The van der Waals surface area contributed by atoms with Crippen molar-refractivity contribution in [2.24, 2.45) is 0 Å². The van der Waals surface area contributed by atoms with Crippen molar-refractivity contribution in [3.05, 3.63) is 118 Å². The summed E-state index contributed by atoms with van der Waals surface area (Å²) in [6.07, 6.45) is 0.173. The molecule has 47 heavy (non-hydrogen) atoms. The first-order valence-electron chi connectivity index (χ1n) is 14.8. The van der Waals surface area contributed by atoms with Crippen molar-refractivity contribution in [2.45, 2.75) is 43.8 Å². The predicted molar refractivity (Wildman–Crippen MR) is 185 cm³/mol. The lowest BCUT2D eigenvalue weighted by Crippen LogP contribution is -2.54. The molecule has 1 unspecified atom stereocenters. The van der Waals surface area contributed by atoms with Gasteiger partial charge in [-0.05, 0) is 73.5 Å². The molecule has 0 fully saturated rings.